The van der Waals surface area contributed by atoms with Crippen molar-refractivity contribution in [3.05, 3.63) is 47.5 Å². The number of urea groups is 3. The van der Waals surface area contributed by atoms with E-state index in [1.807, 2.05) is 24.3 Å². The van der Waals surface area contributed by atoms with Gasteiger partial charge < -0.3 is 50.0 Å². The molecule has 2 aromatic carbocycles. The maximum absolute atomic E-state index is 12.7. The van der Waals surface area contributed by atoms with E-state index in [4.69, 9.17) is 18.9 Å². The number of methoxy groups -OCH3 is 4. The van der Waals surface area contributed by atoms with E-state index in [2.05, 4.69) is 21.3 Å². The molecule has 218 valence electrons. The van der Waals surface area contributed by atoms with Gasteiger partial charge >= 0.3 is 18.1 Å². The molecule has 3 rings (SSSR count). The molecule has 1 heterocycles. The molecule has 1 fully saturated rings. The van der Waals surface area contributed by atoms with Crippen molar-refractivity contribution in [2.45, 2.75) is 25.2 Å². The summed E-state index contributed by atoms with van der Waals surface area (Å²) < 4.78 is 21.1. The predicted octanol–water partition coefficient (Wildman–Crippen LogP) is 1.75. The van der Waals surface area contributed by atoms with Gasteiger partial charge in [0.25, 0.3) is 0 Å². The molecular weight excluding hydrogens is 520 g/mol. The Morgan fingerprint density at radius 2 is 1.05 bits per heavy atom. The number of amides is 6. The summed E-state index contributed by atoms with van der Waals surface area (Å²) in [5.74, 6) is 2.46. The standard InChI is InChI=1S/C27H38N6O7/c1-32-23(30-25(34)28-13-11-17-7-9-19(37-3)21(15-17)39-5)24(33(2)27(32)36)31-26(35)29-14-12-18-8-10-20(38-4)22(16-18)40-6/h7-10,15-16,23-24H,11-14H2,1-6H3,(H2,28,30,34)(H2,29,31,35)/t23-,24-/m0/s1. The highest BCUT2D eigenvalue weighted by Crippen LogP contribution is 2.28. The summed E-state index contributed by atoms with van der Waals surface area (Å²) in [4.78, 5) is 40.6. The second-order valence-electron chi connectivity index (χ2n) is 9.07. The van der Waals surface area contributed by atoms with E-state index < -0.39 is 24.4 Å². The Labute approximate surface area is 234 Å². The van der Waals surface area contributed by atoms with Crippen LogP contribution in [-0.4, -0.2) is 95.8 Å². The van der Waals surface area contributed by atoms with Gasteiger partial charge in [0.2, 0.25) is 0 Å². The number of nitrogens with one attached hydrogen (secondary N) is 4. The summed E-state index contributed by atoms with van der Waals surface area (Å²) >= 11 is 0. The zero-order valence-corrected chi connectivity index (χ0v) is 23.7. The van der Waals surface area contributed by atoms with Gasteiger partial charge in [-0.25, -0.2) is 14.4 Å². The number of benzene rings is 2. The molecule has 13 heteroatoms. The van der Waals surface area contributed by atoms with Gasteiger partial charge in [0.1, 0.15) is 12.3 Å². The summed E-state index contributed by atoms with van der Waals surface area (Å²) in [6, 6.07) is 9.80. The lowest BCUT2D eigenvalue weighted by Crippen LogP contribution is -2.59. The molecule has 4 N–H and O–H groups in total. The van der Waals surface area contributed by atoms with Crippen molar-refractivity contribution < 1.29 is 33.3 Å². The van der Waals surface area contributed by atoms with E-state index in [-0.39, 0.29) is 6.03 Å². The summed E-state index contributed by atoms with van der Waals surface area (Å²) in [6.45, 7) is 0.687. The summed E-state index contributed by atoms with van der Waals surface area (Å²) in [5, 5.41) is 11.1. The van der Waals surface area contributed by atoms with Crippen molar-refractivity contribution in [3.8, 4) is 23.0 Å². The maximum atomic E-state index is 12.7. The largest absolute Gasteiger partial charge is 0.493 e. The minimum atomic E-state index is -0.782. The fourth-order valence-electron chi connectivity index (χ4n) is 4.35. The van der Waals surface area contributed by atoms with Gasteiger partial charge in [0, 0.05) is 27.2 Å². The maximum Gasteiger partial charge on any atom is 0.323 e. The van der Waals surface area contributed by atoms with Crippen LogP contribution in [0.3, 0.4) is 0 Å². The van der Waals surface area contributed by atoms with Crippen LogP contribution in [-0.2, 0) is 12.8 Å². The lowest BCUT2D eigenvalue weighted by atomic mass is 10.1. The Morgan fingerprint density at radius 1 is 0.675 bits per heavy atom. The molecule has 40 heavy (non-hydrogen) atoms. The lowest BCUT2D eigenvalue weighted by Gasteiger charge is -2.27. The van der Waals surface area contributed by atoms with Crippen molar-refractivity contribution in [2.75, 3.05) is 55.6 Å². The van der Waals surface area contributed by atoms with E-state index in [0.717, 1.165) is 11.1 Å². The fourth-order valence-corrected chi connectivity index (χ4v) is 4.35. The normalized spacial score (nSPS) is 16.3. The molecule has 0 spiro atoms. The van der Waals surface area contributed by atoms with Gasteiger partial charge in [-0.3, -0.25) is 0 Å². The van der Waals surface area contributed by atoms with E-state index in [9.17, 15) is 14.4 Å². The van der Waals surface area contributed by atoms with Crippen molar-refractivity contribution in [1.82, 2.24) is 31.1 Å². The number of likely N-dealkylation sites (N-methyl/N-ethyl adjacent to an activating group) is 2. The molecule has 2 aromatic rings. The van der Waals surface area contributed by atoms with E-state index >= 15 is 0 Å². The average molecular weight is 559 g/mol. The Bertz CT molecular complexity index is 1100. The van der Waals surface area contributed by atoms with Crippen LogP contribution in [0.25, 0.3) is 0 Å². The first-order valence-electron chi connectivity index (χ1n) is 12.7. The van der Waals surface area contributed by atoms with E-state index in [1.54, 1.807) is 54.7 Å². The fraction of sp³-hybridized carbons (Fsp3) is 0.444. The summed E-state index contributed by atoms with van der Waals surface area (Å²) in [7, 11) is 9.38. The van der Waals surface area contributed by atoms with Crippen LogP contribution in [0.2, 0.25) is 0 Å². The van der Waals surface area contributed by atoms with Crippen LogP contribution in [0.1, 0.15) is 11.1 Å². The van der Waals surface area contributed by atoms with Gasteiger partial charge in [0.05, 0.1) is 28.4 Å². The smallest absolute Gasteiger partial charge is 0.323 e. The third-order valence-corrected chi connectivity index (χ3v) is 6.59. The number of hydrogen-bond acceptors (Lipinski definition) is 7. The number of carbonyl (C=O) groups is 3. The van der Waals surface area contributed by atoms with Crippen LogP contribution in [0.4, 0.5) is 14.4 Å². The van der Waals surface area contributed by atoms with Crippen molar-refractivity contribution in [1.29, 1.82) is 0 Å². The molecule has 0 radical (unpaired) electrons. The third kappa shape index (κ3) is 7.30. The molecule has 13 nitrogen and oxygen atoms in total. The Hall–Kier alpha value is -4.55. The van der Waals surface area contributed by atoms with Crippen molar-refractivity contribution >= 4 is 18.1 Å². The summed E-state index contributed by atoms with van der Waals surface area (Å²) in [5.41, 5.74) is 1.91. The molecule has 1 aliphatic rings. The highest BCUT2D eigenvalue weighted by Gasteiger charge is 2.43. The number of hydrogen-bond donors (Lipinski definition) is 4. The van der Waals surface area contributed by atoms with Crippen LogP contribution < -0.4 is 40.2 Å². The van der Waals surface area contributed by atoms with Gasteiger partial charge in [-0.05, 0) is 48.2 Å². The number of nitrogens with zero attached hydrogens (tertiary/aromatic N) is 2. The molecule has 0 aliphatic carbocycles. The van der Waals surface area contributed by atoms with E-state index in [1.165, 1.54) is 9.80 Å². The van der Waals surface area contributed by atoms with Crippen LogP contribution in [0.5, 0.6) is 23.0 Å². The Kier molecular flexibility index (Phi) is 10.5. The van der Waals surface area contributed by atoms with Gasteiger partial charge in [-0.15, -0.1) is 0 Å². The minimum absolute atomic E-state index is 0.341. The van der Waals surface area contributed by atoms with Crippen molar-refractivity contribution in [2.24, 2.45) is 0 Å². The SMILES string of the molecule is COc1ccc(CCNC(=O)N[C@@H]2[C@@H](NC(=O)NCCc3ccc(OC)c(OC)c3)N(C)C(=O)N2C)cc1OC. The topological polar surface area (TPSA) is 143 Å². The lowest BCUT2D eigenvalue weighted by molar-refractivity contribution is 0.194. The molecule has 1 saturated heterocycles. The molecule has 6 amide bonds. The molecular formula is C27H38N6O7. The molecule has 0 aromatic heterocycles. The molecule has 0 bridgehead atoms. The molecule has 1 aliphatic heterocycles. The second-order valence-corrected chi connectivity index (χ2v) is 9.07. The van der Waals surface area contributed by atoms with Crippen LogP contribution >= 0.6 is 0 Å². The molecule has 2 atom stereocenters. The van der Waals surface area contributed by atoms with Gasteiger partial charge in [0.15, 0.2) is 23.0 Å². The first-order valence-corrected chi connectivity index (χ1v) is 12.7. The first-order chi connectivity index (χ1) is 19.2. The predicted molar refractivity (Wildman–Crippen MR) is 148 cm³/mol. The molecule has 0 unspecified atom stereocenters. The minimum Gasteiger partial charge on any atom is -0.493 e. The monoisotopic (exact) mass is 558 g/mol. The number of ether oxygens (including phenoxy) is 4. The second kappa shape index (κ2) is 14.0. The zero-order valence-electron chi connectivity index (χ0n) is 23.7. The van der Waals surface area contributed by atoms with Crippen LogP contribution in [0, 0.1) is 0 Å². The van der Waals surface area contributed by atoms with Crippen molar-refractivity contribution in [3.63, 3.8) is 0 Å². The third-order valence-electron chi connectivity index (χ3n) is 6.59. The number of rotatable bonds is 12. The highest BCUT2D eigenvalue weighted by molar-refractivity contribution is 5.82. The number of carbonyl (C=O) groups excluding carboxylic acids is 3. The Morgan fingerprint density at radius 3 is 1.40 bits per heavy atom. The highest BCUT2D eigenvalue weighted by atomic mass is 16.5. The quantitative estimate of drug-likeness (QED) is 0.311. The van der Waals surface area contributed by atoms with Crippen LogP contribution in [0.15, 0.2) is 36.4 Å². The van der Waals surface area contributed by atoms with Gasteiger partial charge in [-0.1, -0.05) is 12.1 Å². The van der Waals surface area contributed by atoms with Gasteiger partial charge in [-0.2, -0.15) is 0 Å². The Balaban J connectivity index is 1.50. The zero-order chi connectivity index (χ0) is 29.2. The van der Waals surface area contributed by atoms with E-state index in [0.29, 0.717) is 48.9 Å². The summed E-state index contributed by atoms with van der Waals surface area (Å²) in [6.07, 6.45) is -0.459. The average Bonchev–Trinajstić information content (AvgIpc) is 3.15. The first kappa shape index (κ1) is 30.0. The molecule has 0 saturated carbocycles.